The fourth-order valence-electron chi connectivity index (χ4n) is 2.79. The van der Waals surface area contributed by atoms with Gasteiger partial charge in [-0.1, -0.05) is 34.1 Å². The number of rotatable bonds is 1. The molecule has 0 bridgehead atoms. The lowest BCUT2D eigenvalue weighted by Gasteiger charge is -2.44. The van der Waals surface area contributed by atoms with Crippen LogP contribution in [0.5, 0.6) is 0 Å². The Bertz CT molecular complexity index is 465. The fourth-order valence-corrected chi connectivity index (χ4v) is 3.29. The molecule has 1 amide bonds. The maximum atomic E-state index is 12.2. The molecule has 2 aliphatic heterocycles. The van der Waals surface area contributed by atoms with Gasteiger partial charge in [0.05, 0.1) is 0 Å². The van der Waals surface area contributed by atoms with Crippen molar-refractivity contribution in [2.75, 3.05) is 26.2 Å². The van der Waals surface area contributed by atoms with Crippen molar-refractivity contribution in [1.29, 1.82) is 0 Å². The van der Waals surface area contributed by atoms with Gasteiger partial charge in [-0.25, -0.2) is 0 Å². The fraction of sp³-hybridized carbons (Fsp3) is 0.462. The van der Waals surface area contributed by atoms with Gasteiger partial charge in [-0.2, -0.15) is 0 Å². The van der Waals surface area contributed by atoms with Gasteiger partial charge in [-0.15, -0.1) is 0 Å². The summed E-state index contributed by atoms with van der Waals surface area (Å²) in [5.41, 5.74) is 1.06. The topological polar surface area (TPSA) is 44.4 Å². The van der Waals surface area contributed by atoms with Crippen molar-refractivity contribution in [2.45, 2.75) is 12.1 Å². The number of fused-ring (bicyclic) bond motifs is 1. The third kappa shape index (κ3) is 2.06. The maximum absolute atomic E-state index is 12.2. The molecule has 5 heteroatoms. The van der Waals surface area contributed by atoms with E-state index in [-0.39, 0.29) is 11.9 Å². The molecule has 96 valence electrons. The van der Waals surface area contributed by atoms with E-state index in [1.54, 1.807) is 0 Å². The Morgan fingerprint density at radius 1 is 1.28 bits per heavy atom. The number of hydrogen-bond donors (Lipinski definition) is 2. The molecule has 2 unspecified atom stereocenters. The van der Waals surface area contributed by atoms with E-state index in [0.717, 1.165) is 36.2 Å². The molecule has 2 aliphatic rings. The molecule has 4 nitrogen and oxygen atoms in total. The molecule has 0 aromatic heterocycles. The summed E-state index contributed by atoms with van der Waals surface area (Å²) < 4.78 is 1.00. The highest BCUT2D eigenvalue weighted by Gasteiger charge is 2.38. The minimum Gasteiger partial charge on any atom is -0.353 e. The van der Waals surface area contributed by atoms with Gasteiger partial charge in [0.25, 0.3) is 0 Å². The quantitative estimate of drug-likeness (QED) is 0.810. The van der Waals surface area contributed by atoms with Crippen molar-refractivity contribution in [2.24, 2.45) is 0 Å². The summed E-state index contributed by atoms with van der Waals surface area (Å²) in [4.78, 5) is 14.5. The Balaban J connectivity index is 1.96. The molecular formula is C13H16BrN3O. The lowest BCUT2D eigenvalue weighted by molar-refractivity contribution is -0.132. The van der Waals surface area contributed by atoms with Crippen LogP contribution in [0.4, 0.5) is 0 Å². The molecule has 2 N–H and O–H groups in total. The highest BCUT2D eigenvalue weighted by Crippen LogP contribution is 2.31. The second kappa shape index (κ2) is 4.99. The first-order chi connectivity index (χ1) is 8.77. The third-order valence-corrected chi connectivity index (χ3v) is 4.41. The summed E-state index contributed by atoms with van der Waals surface area (Å²) in [6, 6.07) is 8.21. The minimum absolute atomic E-state index is 0.111. The van der Waals surface area contributed by atoms with E-state index in [2.05, 4.69) is 31.5 Å². The molecule has 0 radical (unpaired) electrons. The van der Waals surface area contributed by atoms with E-state index in [1.807, 2.05) is 24.3 Å². The summed E-state index contributed by atoms with van der Waals surface area (Å²) in [5, 5.41) is 6.40. The van der Waals surface area contributed by atoms with Crippen LogP contribution in [-0.4, -0.2) is 43.0 Å². The number of carbonyl (C=O) groups is 1. The van der Waals surface area contributed by atoms with Crippen LogP contribution in [0, 0.1) is 0 Å². The Morgan fingerprint density at radius 3 is 2.94 bits per heavy atom. The third-order valence-electron chi connectivity index (χ3n) is 3.69. The number of halogens is 1. The Labute approximate surface area is 115 Å². The SMILES string of the molecule is O=C1NCC2CNCCN2C1c1ccccc1Br. The van der Waals surface area contributed by atoms with Gasteiger partial charge in [0.2, 0.25) is 5.91 Å². The van der Waals surface area contributed by atoms with E-state index >= 15 is 0 Å². The first-order valence-corrected chi connectivity index (χ1v) is 7.05. The molecule has 2 heterocycles. The maximum Gasteiger partial charge on any atom is 0.242 e. The largest absolute Gasteiger partial charge is 0.353 e. The first-order valence-electron chi connectivity index (χ1n) is 6.26. The molecule has 2 fully saturated rings. The second-order valence-corrected chi connectivity index (χ2v) is 5.62. The highest BCUT2D eigenvalue weighted by atomic mass is 79.9. The summed E-state index contributed by atoms with van der Waals surface area (Å²) in [5.74, 6) is 0.111. The van der Waals surface area contributed by atoms with Crippen LogP contribution in [0.15, 0.2) is 28.7 Å². The molecule has 2 atom stereocenters. The monoisotopic (exact) mass is 309 g/mol. The Hall–Kier alpha value is -0.910. The van der Waals surface area contributed by atoms with Crippen LogP contribution in [-0.2, 0) is 4.79 Å². The van der Waals surface area contributed by atoms with E-state index in [4.69, 9.17) is 0 Å². The summed E-state index contributed by atoms with van der Waals surface area (Å²) in [6.07, 6.45) is 0. The minimum atomic E-state index is -0.165. The summed E-state index contributed by atoms with van der Waals surface area (Å²) in [7, 11) is 0. The molecule has 1 aromatic rings. The molecular weight excluding hydrogens is 294 g/mol. The lowest BCUT2D eigenvalue weighted by atomic mass is 9.98. The van der Waals surface area contributed by atoms with Crippen LogP contribution in [0.25, 0.3) is 0 Å². The normalized spacial score (nSPS) is 28.6. The Kier molecular flexibility index (Phi) is 3.37. The van der Waals surface area contributed by atoms with Crippen LogP contribution < -0.4 is 10.6 Å². The van der Waals surface area contributed by atoms with E-state index in [1.165, 1.54) is 0 Å². The van der Waals surface area contributed by atoms with Crippen LogP contribution in [0.3, 0.4) is 0 Å². The van der Waals surface area contributed by atoms with Crippen LogP contribution in [0.1, 0.15) is 11.6 Å². The number of hydrogen-bond acceptors (Lipinski definition) is 3. The second-order valence-electron chi connectivity index (χ2n) is 4.76. The molecule has 0 saturated carbocycles. The van der Waals surface area contributed by atoms with E-state index in [9.17, 15) is 4.79 Å². The number of carbonyl (C=O) groups excluding carboxylic acids is 1. The van der Waals surface area contributed by atoms with E-state index < -0.39 is 0 Å². The van der Waals surface area contributed by atoms with Crippen molar-refractivity contribution in [3.63, 3.8) is 0 Å². The zero-order valence-electron chi connectivity index (χ0n) is 10.0. The Morgan fingerprint density at radius 2 is 2.11 bits per heavy atom. The highest BCUT2D eigenvalue weighted by molar-refractivity contribution is 9.10. The van der Waals surface area contributed by atoms with Crippen molar-refractivity contribution >= 4 is 21.8 Å². The van der Waals surface area contributed by atoms with Crippen molar-refractivity contribution < 1.29 is 4.79 Å². The molecule has 3 rings (SSSR count). The number of nitrogens with zero attached hydrogens (tertiary/aromatic N) is 1. The van der Waals surface area contributed by atoms with Gasteiger partial charge in [0.15, 0.2) is 0 Å². The van der Waals surface area contributed by atoms with Crippen molar-refractivity contribution in [3.8, 4) is 0 Å². The van der Waals surface area contributed by atoms with Crippen LogP contribution >= 0.6 is 15.9 Å². The van der Waals surface area contributed by atoms with Crippen molar-refractivity contribution in [1.82, 2.24) is 15.5 Å². The molecule has 0 spiro atoms. The zero-order valence-corrected chi connectivity index (χ0v) is 11.6. The molecule has 2 saturated heterocycles. The van der Waals surface area contributed by atoms with Gasteiger partial charge in [0.1, 0.15) is 6.04 Å². The van der Waals surface area contributed by atoms with E-state index in [0.29, 0.717) is 6.04 Å². The number of benzene rings is 1. The molecule has 18 heavy (non-hydrogen) atoms. The smallest absolute Gasteiger partial charge is 0.242 e. The van der Waals surface area contributed by atoms with Gasteiger partial charge in [0, 0.05) is 36.7 Å². The predicted molar refractivity (Wildman–Crippen MR) is 73.3 cm³/mol. The molecule has 1 aromatic carbocycles. The van der Waals surface area contributed by atoms with Gasteiger partial charge in [-0.3, -0.25) is 9.69 Å². The average molecular weight is 310 g/mol. The predicted octanol–water partition coefficient (Wildman–Crippen LogP) is 0.894. The summed E-state index contributed by atoms with van der Waals surface area (Å²) >= 11 is 3.55. The number of nitrogens with one attached hydrogen (secondary N) is 2. The summed E-state index contributed by atoms with van der Waals surface area (Å²) in [6.45, 7) is 3.56. The number of piperazine rings is 2. The van der Waals surface area contributed by atoms with Gasteiger partial charge < -0.3 is 10.6 Å². The molecule has 0 aliphatic carbocycles. The number of amides is 1. The average Bonchev–Trinajstić information content (AvgIpc) is 2.40. The van der Waals surface area contributed by atoms with Crippen LogP contribution in [0.2, 0.25) is 0 Å². The lowest BCUT2D eigenvalue weighted by Crippen LogP contribution is -2.63. The zero-order chi connectivity index (χ0) is 12.5. The van der Waals surface area contributed by atoms with Gasteiger partial charge >= 0.3 is 0 Å². The van der Waals surface area contributed by atoms with Gasteiger partial charge in [-0.05, 0) is 11.6 Å². The first kappa shape index (κ1) is 12.1. The standard InChI is InChI=1S/C13H16BrN3O/c14-11-4-2-1-3-10(11)12-13(18)16-8-9-7-15-5-6-17(9)12/h1-4,9,12,15H,5-8H2,(H,16,18). The van der Waals surface area contributed by atoms with Crippen molar-refractivity contribution in [3.05, 3.63) is 34.3 Å².